The molecule has 4 aliphatic carbocycles. The summed E-state index contributed by atoms with van der Waals surface area (Å²) in [4.78, 5) is 28.7. The summed E-state index contributed by atoms with van der Waals surface area (Å²) in [6.07, 6.45) is 29.6. The zero-order valence-corrected chi connectivity index (χ0v) is 27.3. The molecule has 1 spiro atoms. The van der Waals surface area contributed by atoms with Crippen molar-refractivity contribution in [2.75, 3.05) is 13.1 Å². The molecule has 6 nitrogen and oxygen atoms in total. The van der Waals surface area contributed by atoms with Crippen molar-refractivity contribution in [2.45, 2.75) is 153 Å². The molecule has 0 aromatic carbocycles. The van der Waals surface area contributed by atoms with Crippen LogP contribution in [0.5, 0.6) is 0 Å². The minimum absolute atomic E-state index is 0.0616. The predicted molar refractivity (Wildman–Crippen MR) is 173 cm³/mol. The second-order valence-corrected chi connectivity index (χ2v) is 14.9. The van der Waals surface area contributed by atoms with Gasteiger partial charge in [-0.15, -0.1) is 0 Å². The molecular weight excluding hydrogens is 550 g/mol. The van der Waals surface area contributed by atoms with Crippen molar-refractivity contribution >= 4 is 11.8 Å². The lowest BCUT2D eigenvalue weighted by Crippen LogP contribution is -2.76. The third kappa shape index (κ3) is 6.36. The van der Waals surface area contributed by atoms with Crippen molar-refractivity contribution in [3.8, 4) is 0 Å². The van der Waals surface area contributed by atoms with Gasteiger partial charge in [0.1, 0.15) is 5.76 Å². The number of nitrogens with zero attached hydrogens (tertiary/aromatic N) is 1. The van der Waals surface area contributed by atoms with Crippen LogP contribution in [0.25, 0.3) is 0 Å². The molecular formula is C38H57NO5. The number of hydrogen-bond acceptors (Lipinski definition) is 6. The van der Waals surface area contributed by atoms with E-state index >= 15 is 0 Å². The van der Waals surface area contributed by atoms with Gasteiger partial charge in [0.2, 0.25) is 0 Å². The summed E-state index contributed by atoms with van der Waals surface area (Å²) in [5, 5.41) is 12.5. The lowest BCUT2D eigenvalue weighted by Gasteiger charge is -2.65. The molecule has 2 heterocycles. The van der Waals surface area contributed by atoms with Crippen LogP contribution in [0.15, 0.2) is 35.8 Å². The van der Waals surface area contributed by atoms with E-state index in [9.17, 15) is 14.7 Å². The normalized spacial score (nSPS) is 34.0. The molecule has 2 saturated heterocycles. The highest BCUT2D eigenvalue weighted by atomic mass is 16.6. The van der Waals surface area contributed by atoms with Crippen LogP contribution in [0.3, 0.4) is 0 Å². The predicted octanol–water partition coefficient (Wildman–Crippen LogP) is 7.95. The Kier molecular flexibility index (Phi) is 10.4. The maximum absolute atomic E-state index is 13.3. The monoisotopic (exact) mass is 607 g/mol. The summed E-state index contributed by atoms with van der Waals surface area (Å²) in [5.74, 6) is 1.88. The number of piperidine rings is 1. The van der Waals surface area contributed by atoms with E-state index in [1.54, 1.807) is 0 Å². The maximum atomic E-state index is 13.3. The fourth-order valence-corrected chi connectivity index (χ4v) is 9.45. The van der Waals surface area contributed by atoms with Gasteiger partial charge in [0, 0.05) is 31.3 Å². The minimum atomic E-state index is -0.939. The van der Waals surface area contributed by atoms with Gasteiger partial charge in [-0.25, -0.2) is 0 Å². The minimum Gasteiger partial charge on any atom is -0.482 e. The van der Waals surface area contributed by atoms with E-state index in [4.69, 9.17) is 9.47 Å². The van der Waals surface area contributed by atoms with E-state index in [1.165, 1.54) is 70.6 Å². The van der Waals surface area contributed by atoms with Gasteiger partial charge in [-0.2, -0.15) is 0 Å². The zero-order valence-electron chi connectivity index (χ0n) is 27.3. The third-order valence-corrected chi connectivity index (χ3v) is 11.9. The number of esters is 1. The van der Waals surface area contributed by atoms with Crippen LogP contribution in [0.4, 0.5) is 0 Å². The first-order valence-corrected chi connectivity index (χ1v) is 18.4. The van der Waals surface area contributed by atoms with E-state index in [2.05, 4.69) is 30.1 Å². The van der Waals surface area contributed by atoms with Crippen molar-refractivity contribution in [1.29, 1.82) is 0 Å². The Hall–Kier alpha value is -1.92. The summed E-state index contributed by atoms with van der Waals surface area (Å²) in [7, 11) is 0. The number of carbonyl (C=O) groups excluding carboxylic acids is 2. The Morgan fingerprint density at radius 3 is 2.45 bits per heavy atom. The highest BCUT2D eigenvalue weighted by Gasteiger charge is 2.77. The number of aliphatic hydroxyl groups is 1. The van der Waals surface area contributed by atoms with Gasteiger partial charge in [0.25, 0.3) is 0 Å². The molecule has 0 aromatic rings. The Balaban J connectivity index is 0.957. The van der Waals surface area contributed by atoms with Crippen LogP contribution in [-0.2, 0) is 19.1 Å². The lowest BCUT2D eigenvalue weighted by molar-refractivity contribution is -0.244. The second-order valence-electron chi connectivity index (χ2n) is 14.9. The zero-order chi connectivity index (χ0) is 30.6. The molecule has 6 heteroatoms. The number of Topliss-reactive ketones (excluding diaryl/α,β-unsaturated/α-hetero) is 1. The van der Waals surface area contributed by atoms with Gasteiger partial charge in [0.15, 0.2) is 17.6 Å². The van der Waals surface area contributed by atoms with Crippen LogP contribution >= 0.6 is 0 Å². The number of allylic oxidation sites excluding steroid dienone is 5. The van der Waals surface area contributed by atoms with Crippen molar-refractivity contribution in [3.05, 3.63) is 35.8 Å². The number of unbranched alkanes of at least 4 members (excludes halogenated alkanes) is 11. The molecule has 0 amide bonds. The molecule has 44 heavy (non-hydrogen) atoms. The SMILES string of the molecule is CCCCCCCC/C=C\CCCCCCCC(=O)OC1=C2O[C@H]3C(=O)CC[C@@]4(O)C5CC(C=C1)C2[C@@]34CCN5CC1CC1. The number of carbonyl (C=O) groups is 2. The summed E-state index contributed by atoms with van der Waals surface area (Å²) in [5.41, 5.74) is -1.55. The van der Waals surface area contributed by atoms with Gasteiger partial charge in [0.05, 0.1) is 11.0 Å². The third-order valence-electron chi connectivity index (χ3n) is 11.9. The van der Waals surface area contributed by atoms with Crippen LogP contribution in [0, 0.1) is 23.2 Å². The highest BCUT2D eigenvalue weighted by molar-refractivity contribution is 5.87. The molecule has 244 valence electrons. The summed E-state index contributed by atoms with van der Waals surface area (Å²) >= 11 is 0. The van der Waals surface area contributed by atoms with E-state index in [-0.39, 0.29) is 29.6 Å². The largest absolute Gasteiger partial charge is 0.482 e. The van der Waals surface area contributed by atoms with E-state index < -0.39 is 17.1 Å². The average molecular weight is 608 g/mol. The Morgan fingerprint density at radius 2 is 1.73 bits per heavy atom. The Labute approximate surface area is 265 Å². The van der Waals surface area contributed by atoms with Gasteiger partial charge in [-0.3, -0.25) is 14.5 Å². The summed E-state index contributed by atoms with van der Waals surface area (Å²) < 4.78 is 12.4. The smallest absolute Gasteiger partial charge is 0.311 e. The van der Waals surface area contributed by atoms with E-state index in [0.29, 0.717) is 30.8 Å². The fraction of sp³-hybridized carbons (Fsp3) is 0.789. The van der Waals surface area contributed by atoms with Crippen molar-refractivity contribution in [3.63, 3.8) is 0 Å². The average Bonchev–Trinajstić information content (AvgIpc) is 3.76. The molecule has 2 bridgehead atoms. The van der Waals surface area contributed by atoms with Gasteiger partial charge in [-0.05, 0) is 88.7 Å². The van der Waals surface area contributed by atoms with Crippen molar-refractivity contribution < 1.29 is 24.2 Å². The molecule has 3 unspecified atom stereocenters. The number of ketones is 1. The number of rotatable bonds is 18. The van der Waals surface area contributed by atoms with Gasteiger partial charge >= 0.3 is 5.97 Å². The number of ether oxygens (including phenoxy) is 2. The summed E-state index contributed by atoms with van der Waals surface area (Å²) in [6, 6.07) is 0.0616. The lowest BCUT2D eigenvalue weighted by atomic mass is 9.44. The molecule has 3 saturated carbocycles. The molecule has 5 fully saturated rings. The number of likely N-dealkylation sites (tertiary alicyclic amines) is 1. The molecule has 0 radical (unpaired) electrons. The van der Waals surface area contributed by atoms with Gasteiger partial charge in [-0.1, -0.05) is 76.5 Å². The highest BCUT2D eigenvalue weighted by Crippen LogP contribution is 2.69. The van der Waals surface area contributed by atoms with E-state index in [1.807, 2.05) is 6.08 Å². The molecule has 6 rings (SSSR count). The molecule has 0 aromatic heterocycles. The van der Waals surface area contributed by atoms with Crippen LogP contribution in [-0.4, -0.2) is 52.6 Å². The molecule has 2 aliphatic heterocycles. The first-order chi connectivity index (χ1) is 21.5. The van der Waals surface area contributed by atoms with Crippen LogP contribution in [0.2, 0.25) is 0 Å². The molecule has 1 N–H and O–H groups in total. The maximum Gasteiger partial charge on any atom is 0.311 e. The van der Waals surface area contributed by atoms with Crippen LogP contribution < -0.4 is 0 Å². The van der Waals surface area contributed by atoms with E-state index in [0.717, 1.165) is 57.5 Å². The van der Waals surface area contributed by atoms with Crippen molar-refractivity contribution in [2.24, 2.45) is 23.2 Å². The van der Waals surface area contributed by atoms with Crippen molar-refractivity contribution in [1.82, 2.24) is 4.90 Å². The van der Waals surface area contributed by atoms with Gasteiger partial charge < -0.3 is 14.6 Å². The Morgan fingerprint density at radius 1 is 1.02 bits per heavy atom. The fourth-order valence-electron chi connectivity index (χ4n) is 9.45. The molecule has 6 aliphatic rings. The topological polar surface area (TPSA) is 76.1 Å². The second kappa shape index (κ2) is 14.2. The number of hydrogen-bond donors (Lipinski definition) is 1. The first-order valence-electron chi connectivity index (χ1n) is 18.4. The first kappa shape index (κ1) is 32.0. The quantitative estimate of drug-likeness (QED) is 0.0968. The summed E-state index contributed by atoms with van der Waals surface area (Å²) in [6.45, 7) is 4.23. The van der Waals surface area contributed by atoms with Crippen LogP contribution in [0.1, 0.15) is 135 Å². The molecule has 6 atom stereocenters. The Bertz CT molecular complexity index is 1120. The standard InChI is InChI=1S/C38H57NO5/c1-2-3-4-5-6-7-8-9-10-11-12-13-14-15-16-17-33(41)43-31-21-20-29-26-32-38(42)23-22-30(40)36-37(38,34(29)35(31)44-36)24-25-39(32)27-28-18-19-28/h9-10,20-21,28-29,32,34,36,42H,2-8,11-19,22-27H2,1H3/b10-9-/t29?,32?,34?,36-,37-,38+/m0/s1.